The number of rotatable bonds is 6. The third-order valence-corrected chi connectivity index (χ3v) is 3.12. The Kier molecular flexibility index (Phi) is 5.43. The lowest BCUT2D eigenvalue weighted by Gasteiger charge is -2.19. The molecule has 1 aromatic heterocycles. The van der Waals surface area contributed by atoms with E-state index in [1.807, 2.05) is 6.92 Å². The van der Waals surface area contributed by atoms with Gasteiger partial charge in [0.15, 0.2) is 5.69 Å². The second kappa shape index (κ2) is 7.31. The number of esters is 1. The van der Waals surface area contributed by atoms with E-state index in [2.05, 4.69) is 15.3 Å². The van der Waals surface area contributed by atoms with E-state index in [9.17, 15) is 4.79 Å². The molecule has 1 aromatic rings. The number of carbonyl (C=O) groups excluding carboxylic acids is 1. The van der Waals surface area contributed by atoms with Crippen LogP contribution in [-0.2, 0) is 28.9 Å². The van der Waals surface area contributed by atoms with E-state index in [0.29, 0.717) is 44.3 Å². The standard InChI is InChI=1S/C14H21N3O3/c1-3-19-8-6-12-16-11-5-7-15-9-10(11)13(17-12)14(18)20-4-2/h15H,3-9H2,1-2H3. The van der Waals surface area contributed by atoms with Gasteiger partial charge in [-0.05, 0) is 13.8 Å². The number of fused-ring (bicyclic) bond motifs is 1. The molecule has 0 fully saturated rings. The smallest absolute Gasteiger partial charge is 0.357 e. The summed E-state index contributed by atoms with van der Waals surface area (Å²) >= 11 is 0. The number of nitrogens with zero attached hydrogens (tertiary/aromatic N) is 2. The van der Waals surface area contributed by atoms with Crippen molar-refractivity contribution in [3.8, 4) is 0 Å². The molecule has 0 atom stereocenters. The molecule has 1 aliphatic heterocycles. The van der Waals surface area contributed by atoms with Crippen LogP contribution in [0.1, 0.15) is 41.4 Å². The van der Waals surface area contributed by atoms with Crippen molar-refractivity contribution in [2.24, 2.45) is 0 Å². The van der Waals surface area contributed by atoms with E-state index in [-0.39, 0.29) is 5.97 Å². The Bertz CT molecular complexity index is 477. The van der Waals surface area contributed by atoms with Crippen LogP contribution < -0.4 is 5.32 Å². The van der Waals surface area contributed by atoms with Crippen molar-refractivity contribution < 1.29 is 14.3 Å². The number of hydrogen-bond donors (Lipinski definition) is 1. The molecule has 6 heteroatoms. The summed E-state index contributed by atoms with van der Waals surface area (Å²) in [4.78, 5) is 20.9. The molecule has 20 heavy (non-hydrogen) atoms. The average molecular weight is 279 g/mol. The number of carbonyl (C=O) groups is 1. The van der Waals surface area contributed by atoms with Gasteiger partial charge in [-0.15, -0.1) is 0 Å². The summed E-state index contributed by atoms with van der Waals surface area (Å²) in [6, 6.07) is 0. The first-order chi connectivity index (χ1) is 9.76. The van der Waals surface area contributed by atoms with Crippen molar-refractivity contribution in [3.05, 3.63) is 22.8 Å². The first kappa shape index (κ1) is 14.9. The van der Waals surface area contributed by atoms with E-state index in [0.717, 1.165) is 24.2 Å². The van der Waals surface area contributed by atoms with E-state index in [1.165, 1.54) is 0 Å². The van der Waals surface area contributed by atoms with E-state index < -0.39 is 0 Å². The molecule has 0 saturated heterocycles. The van der Waals surface area contributed by atoms with Crippen molar-refractivity contribution in [2.75, 3.05) is 26.4 Å². The molecule has 1 aliphatic rings. The van der Waals surface area contributed by atoms with Gasteiger partial charge in [0, 0.05) is 38.1 Å². The van der Waals surface area contributed by atoms with Gasteiger partial charge in [0.1, 0.15) is 5.82 Å². The normalized spacial score (nSPS) is 13.9. The second-order valence-electron chi connectivity index (χ2n) is 4.51. The fraction of sp³-hybridized carbons (Fsp3) is 0.643. The van der Waals surface area contributed by atoms with Crippen molar-refractivity contribution in [3.63, 3.8) is 0 Å². The molecule has 0 radical (unpaired) electrons. The molecule has 0 saturated carbocycles. The predicted molar refractivity (Wildman–Crippen MR) is 73.6 cm³/mol. The Morgan fingerprint density at radius 1 is 1.30 bits per heavy atom. The van der Waals surface area contributed by atoms with Crippen LogP contribution in [-0.4, -0.2) is 42.3 Å². The Balaban J connectivity index is 2.26. The summed E-state index contributed by atoms with van der Waals surface area (Å²) in [6.07, 6.45) is 1.42. The average Bonchev–Trinajstić information content (AvgIpc) is 2.47. The molecule has 6 nitrogen and oxygen atoms in total. The maximum absolute atomic E-state index is 12.0. The van der Waals surface area contributed by atoms with Crippen molar-refractivity contribution in [2.45, 2.75) is 33.2 Å². The summed E-state index contributed by atoms with van der Waals surface area (Å²) in [5.41, 5.74) is 2.22. The van der Waals surface area contributed by atoms with Gasteiger partial charge in [-0.2, -0.15) is 0 Å². The molecule has 2 heterocycles. The predicted octanol–water partition coefficient (Wildman–Crippen LogP) is 0.878. The minimum Gasteiger partial charge on any atom is -0.461 e. The van der Waals surface area contributed by atoms with Crippen LogP contribution in [0.15, 0.2) is 0 Å². The van der Waals surface area contributed by atoms with Crippen molar-refractivity contribution >= 4 is 5.97 Å². The fourth-order valence-electron chi connectivity index (χ4n) is 2.18. The van der Waals surface area contributed by atoms with Gasteiger partial charge < -0.3 is 14.8 Å². The summed E-state index contributed by atoms with van der Waals surface area (Å²) in [6.45, 7) is 6.81. The highest BCUT2D eigenvalue weighted by atomic mass is 16.5. The molecule has 0 amide bonds. The maximum Gasteiger partial charge on any atom is 0.357 e. The lowest BCUT2D eigenvalue weighted by atomic mass is 10.0. The second-order valence-corrected chi connectivity index (χ2v) is 4.51. The van der Waals surface area contributed by atoms with Gasteiger partial charge in [0.25, 0.3) is 0 Å². The van der Waals surface area contributed by atoms with Crippen LogP contribution in [0.3, 0.4) is 0 Å². The zero-order valence-corrected chi connectivity index (χ0v) is 12.1. The van der Waals surface area contributed by atoms with Gasteiger partial charge in [0.2, 0.25) is 0 Å². The number of hydrogen-bond acceptors (Lipinski definition) is 6. The van der Waals surface area contributed by atoms with Crippen LogP contribution >= 0.6 is 0 Å². The highest BCUT2D eigenvalue weighted by Gasteiger charge is 2.22. The highest BCUT2D eigenvalue weighted by Crippen LogP contribution is 2.17. The summed E-state index contributed by atoms with van der Waals surface area (Å²) in [5, 5.41) is 3.24. The molecule has 110 valence electrons. The topological polar surface area (TPSA) is 73.3 Å². The minimum atomic E-state index is -0.368. The Hall–Kier alpha value is -1.53. The van der Waals surface area contributed by atoms with Crippen LogP contribution in [0, 0.1) is 0 Å². The first-order valence-corrected chi connectivity index (χ1v) is 7.10. The molecular formula is C14H21N3O3. The number of nitrogens with one attached hydrogen (secondary N) is 1. The Labute approximate surface area is 118 Å². The molecule has 2 rings (SSSR count). The third kappa shape index (κ3) is 3.52. The monoisotopic (exact) mass is 279 g/mol. The Morgan fingerprint density at radius 2 is 2.15 bits per heavy atom. The SMILES string of the molecule is CCOCCc1nc2c(c(C(=O)OCC)n1)CNCC2. The number of aromatic nitrogens is 2. The van der Waals surface area contributed by atoms with Gasteiger partial charge in [-0.25, -0.2) is 14.8 Å². The zero-order chi connectivity index (χ0) is 14.4. The van der Waals surface area contributed by atoms with Crippen molar-refractivity contribution in [1.29, 1.82) is 0 Å². The summed E-state index contributed by atoms with van der Waals surface area (Å²) < 4.78 is 10.4. The highest BCUT2D eigenvalue weighted by molar-refractivity contribution is 5.89. The molecule has 0 unspecified atom stereocenters. The molecule has 0 spiro atoms. The van der Waals surface area contributed by atoms with E-state index in [1.54, 1.807) is 6.92 Å². The fourth-order valence-corrected chi connectivity index (χ4v) is 2.18. The maximum atomic E-state index is 12.0. The van der Waals surface area contributed by atoms with Crippen LogP contribution in [0.25, 0.3) is 0 Å². The third-order valence-electron chi connectivity index (χ3n) is 3.12. The summed E-state index contributed by atoms with van der Waals surface area (Å²) in [5.74, 6) is 0.287. The molecule has 0 aliphatic carbocycles. The minimum absolute atomic E-state index is 0.347. The van der Waals surface area contributed by atoms with Crippen LogP contribution in [0.5, 0.6) is 0 Å². The Morgan fingerprint density at radius 3 is 2.90 bits per heavy atom. The van der Waals surface area contributed by atoms with Gasteiger partial charge in [-0.1, -0.05) is 0 Å². The lowest BCUT2D eigenvalue weighted by Crippen LogP contribution is -2.29. The van der Waals surface area contributed by atoms with Crippen molar-refractivity contribution in [1.82, 2.24) is 15.3 Å². The van der Waals surface area contributed by atoms with E-state index >= 15 is 0 Å². The molecular weight excluding hydrogens is 258 g/mol. The largest absolute Gasteiger partial charge is 0.461 e. The molecule has 1 N–H and O–H groups in total. The summed E-state index contributed by atoms with van der Waals surface area (Å²) in [7, 11) is 0. The number of ether oxygens (including phenoxy) is 2. The lowest BCUT2D eigenvalue weighted by molar-refractivity contribution is 0.0516. The van der Waals surface area contributed by atoms with Gasteiger partial charge in [-0.3, -0.25) is 0 Å². The van der Waals surface area contributed by atoms with Crippen LogP contribution in [0.2, 0.25) is 0 Å². The van der Waals surface area contributed by atoms with Gasteiger partial charge in [0.05, 0.1) is 18.9 Å². The van der Waals surface area contributed by atoms with Crippen LogP contribution in [0.4, 0.5) is 0 Å². The quantitative estimate of drug-likeness (QED) is 0.615. The molecule has 0 bridgehead atoms. The first-order valence-electron chi connectivity index (χ1n) is 7.10. The molecule has 0 aromatic carbocycles. The zero-order valence-electron chi connectivity index (χ0n) is 12.1. The van der Waals surface area contributed by atoms with Gasteiger partial charge >= 0.3 is 5.97 Å². The van der Waals surface area contributed by atoms with E-state index in [4.69, 9.17) is 9.47 Å².